The molecule has 33 heavy (non-hydrogen) atoms. The molecule has 1 N–H and O–H groups in total. The number of fused-ring (bicyclic) bond motifs is 1. The maximum absolute atomic E-state index is 12.3. The van der Waals surface area contributed by atoms with Crippen molar-refractivity contribution in [3.8, 4) is 0 Å². The normalized spacial score (nSPS) is 10.8. The molecule has 0 saturated carbocycles. The first-order valence-corrected chi connectivity index (χ1v) is 11.1. The number of hydrogen-bond donors (Lipinski definition) is 1. The molecule has 4 rings (SSSR count). The van der Waals surface area contributed by atoms with Crippen LogP contribution in [0.3, 0.4) is 0 Å². The summed E-state index contributed by atoms with van der Waals surface area (Å²) in [4.78, 5) is 28.9. The van der Waals surface area contributed by atoms with Crippen molar-refractivity contribution in [3.05, 3.63) is 114 Å². The fourth-order valence-corrected chi connectivity index (χ4v) is 3.97. The van der Waals surface area contributed by atoms with E-state index in [9.17, 15) is 9.59 Å². The van der Waals surface area contributed by atoms with E-state index in [1.54, 1.807) is 6.20 Å². The zero-order valence-electron chi connectivity index (χ0n) is 18.3. The fraction of sp³-hybridized carbons (Fsp3) is 0.179. The van der Waals surface area contributed by atoms with Gasteiger partial charge in [0.2, 0.25) is 0 Å². The smallest absolute Gasteiger partial charge is 0.310 e. The molecule has 0 aliphatic rings. The summed E-state index contributed by atoms with van der Waals surface area (Å²) < 4.78 is 5.20. The van der Waals surface area contributed by atoms with E-state index in [4.69, 9.17) is 4.74 Å². The molecular formula is C28H26N2O3. The average Bonchev–Trinajstić information content (AvgIpc) is 2.87. The van der Waals surface area contributed by atoms with Gasteiger partial charge >= 0.3 is 5.97 Å². The number of ether oxygens (including phenoxy) is 1. The summed E-state index contributed by atoms with van der Waals surface area (Å²) in [5, 5.41) is 3.84. The third kappa shape index (κ3) is 6.04. The van der Waals surface area contributed by atoms with Crippen molar-refractivity contribution in [2.24, 2.45) is 0 Å². The maximum atomic E-state index is 12.3. The van der Waals surface area contributed by atoms with Gasteiger partial charge in [0.15, 0.2) is 6.61 Å². The van der Waals surface area contributed by atoms with E-state index < -0.39 is 5.97 Å². The van der Waals surface area contributed by atoms with E-state index >= 15 is 0 Å². The van der Waals surface area contributed by atoms with Gasteiger partial charge in [-0.05, 0) is 29.2 Å². The minimum Gasteiger partial charge on any atom is -0.455 e. The molecule has 166 valence electrons. The molecule has 1 amide bonds. The van der Waals surface area contributed by atoms with Crippen LogP contribution in [0.25, 0.3) is 10.9 Å². The predicted molar refractivity (Wildman–Crippen MR) is 129 cm³/mol. The highest BCUT2D eigenvalue weighted by Gasteiger charge is 2.15. The average molecular weight is 439 g/mol. The van der Waals surface area contributed by atoms with E-state index in [1.807, 2.05) is 66.7 Å². The van der Waals surface area contributed by atoms with Crippen molar-refractivity contribution in [1.82, 2.24) is 10.3 Å². The Labute approximate surface area is 193 Å². The van der Waals surface area contributed by atoms with Crippen LogP contribution in [0, 0.1) is 0 Å². The summed E-state index contributed by atoms with van der Waals surface area (Å²) in [6, 6.07) is 30.0. The van der Waals surface area contributed by atoms with Gasteiger partial charge in [-0.3, -0.25) is 14.6 Å². The number of carbonyl (C=O) groups is 2. The second-order valence-electron chi connectivity index (χ2n) is 7.84. The summed E-state index contributed by atoms with van der Waals surface area (Å²) in [7, 11) is 0. The molecule has 0 atom stereocenters. The minimum atomic E-state index is -0.449. The minimum absolute atomic E-state index is 0.0751. The first-order valence-electron chi connectivity index (χ1n) is 11.1. The number of benzene rings is 3. The number of amides is 1. The van der Waals surface area contributed by atoms with E-state index in [0.717, 1.165) is 22.9 Å². The van der Waals surface area contributed by atoms with Crippen LogP contribution < -0.4 is 5.32 Å². The van der Waals surface area contributed by atoms with Crippen LogP contribution in [-0.4, -0.2) is 30.0 Å². The second-order valence-corrected chi connectivity index (χ2v) is 7.84. The topological polar surface area (TPSA) is 68.3 Å². The number of nitrogens with zero attached hydrogens (tertiary/aromatic N) is 1. The zero-order valence-corrected chi connectivity index (χ0v) is 18.3. The Hall–Kier alpha value is -3.99. The molecule has 5 heteroatoms. The van der Waals surface area contributed by atoms with Gasteiger partial charge in [-0.25, -0.2) is 0 Å². The van der Waals surface area contributed by atoms with Crippen LogP contribution in [0.1, 0.15) is 29.0 Å². The monoisotopic (exact) mass is 438 g/mol. The molecule has 0 bridgehead atoms. The molecular weight excluding hydrogens is 412 g/mol. The van der Waals surface area contributed by atoms with Crippen LogP contribution in [0.5, 0.6) is 0 Å². The molecule has 0 radical (unpaired) electrons. The summed E-state index contributed by atoms with van der Waals surface area (Å²) >= 11 is 0. The molecule has 5 nitrogen and oxygen atoms in total. The van der Waals surface area contributed by atoms with Gasteiger partial charge in [0.25, 0.3) is 5.91 Å². The number of aromatic nitrogens is 1. The highest BCUT2D eigenvalue weighted by atomic mass is 16.5. The second kappa shape index (κ2) is 11.0. The Bertz CT molecular complexity index is 1160. The number of carbonyl (C=O) groups excluding carboxylic acids is 2. The maximum Gasteiger partial charge on any atom is 0.310 e. The van der Waals surface area contributed by atoms with Gasteiger partial charge in [0.1, 0.15) is 0 Å². The van der Waals surface area contributed by atoms with Crippen molar-refractivity contribution in [2.45, 2.75) is 18.8 Å². The number of pyridine rings is 1. The van der Waals surface area contributed by atoms with Crippen LogP contribution >= 0.6 is 0 Å². The molecule has 4 aromatic rings. The Balaban J connectivity index is 1.27. The van der Waals surface area contributed by atoms with Crippen LogP contribution in [0.2, 0.25) is 0 Å². The highest BCUT2D eigenvalue weighted by molar-refractivity contribution is 5.86. The lowest BCUT2D eigenvalue weighted by Crippen LogP contribution is -2.30. The number of para-hydroxylation sites is 1. The molecule has 0 unspecified atom stereocenters. The summed E-state index contributed by atoms with van der Waals surface area (Å²) in [6.07, 6.45) is 2.52. The number of esters is 1. The van der Waals surface area contributed by atoms with E-state index in [1.165, 1.54) is 11.1 Å². The number of hydrogen-bond acceptors (Lipinski definition) is 4. The molecule has 0 saturated heterocycles. The largest absolute Gasteiger partial charge is 0.455 e. The van der Waals surface area contributed by atoms with E-state index in [-0.39, 0.29) is 24.9 Å². The van der Waals surface area contributed by atoms with Gasteiger partial charge in [-0.15, -0.1) is 0 Å². The number of nitrogens with one attached hydrogen (secondary N) is 1. The quantitative estimate of drug-likeness (QED) is 0.386. The summed E-state index contributed by atoms with van der Waals surface area (Å²) in [6.45, 7) is 0.191. The lowest BCUT2D eigenvalue weighted by atomic mass is 9.88. The fourth-order valence-electron chi connectivity index (χ4n) is 3.97. The van der Waals surface area contributed by atoms with Gasteiger partial charge in [0.05, 0.1) is 11.9 Å². The van der Waals surface area contributed by atoms with Crippen LogP contribution in [-0.2, 0) is 20.7 Å². The lowest BCUT2D eigenvalue weighted by Gasteiger charge is -2.18. The first kappa shape index (κ1) is 22.2. The molecule has 3 aromatic carbocycles. The Morgan fingerprint density at radius 3 is 2.18 bits per heavy atom. The van der Waals surface area contributed by atoms with Crippen molar-refractivity contribution < 1.29 is 14.3 Å². The van der Waals surface area contributed by atoms with Gasteiger partial charge < -0.3 is 10.1 Å². The van der Waals surface area contributed by atoms with Gasteiger partial charge in [-0.1, -0.05) is 84.9 Å². The molecule has 1 heterocycles. The van der Waals surface area contributed by atoms with Gasteiger partial charge in [0, 0.05) is 24.0 Å². The predicted octanol–water partition coefficient (Wildman–Crippen LogP) is 4.66. The third-order valence-electron chi connectivity index (χ3n) is 5.57. The van der Waals surface area contributed by atoms with Crippen LogP contribution in [0.4, 0.5) is 0 Å². The summed E-state index contributed by atoms with van der Waals surface area (Å²) in [5.74, 6) is -0.580. The standard InChI is InChI=1S/C28H26N2O3/c31-26(20-33-27(32)19-24-14-7-13-23-15-8-17-30-28(23)24)29-18-16-25(21-9-3-1-4-10-21)22-11-5-2-6-12-22/h1-15,17,25H,16,18-20H2,(H,29,31). The molecule has 0 spiro atoms. The molecule has 0 aliphatic carbocycles. The van der Waals surface area contributed by atoms with Crippen LogP contribution in [0.15, 0.2) is 97.2 Å². The first-order chi connectivity index (χ1) is 16.2. The summed E-state index contributed by atoms with van der Waals surface area (Å²) in [5.41, 5.74) is 3.96. The van der Waals surface area contributed by atoms with Crippen molar-refractivity contribution in [1.29, 1.82) is 0 Å². The Kier molecular flexibility index (Phi) is 7.44. The Morgan fingerprint density at radius 1 is 0.818 bits per heavy atom. The van der Waals surface area contributed by atoms with E-state index in [0.29, 0.717) is 6.54 Å². The molecule has 1 aromatic heterocycles. The SMILES string of the molecule is O=C(COC(=O)Cc1cccc2cccnc12)NCCC(c1ccccc1)c1ccccc1. The van der Waals surface area contributed by atoms with E-state index in [2.05, 4.69) is 34.6 Å². The van der Waals surface area contributed by atoms with Crippen molar-refractivity contribution >= 4 is 22.8 Å². The Morgan fingerprint density at radius 2 is 1.48 bits per heavy atom. The molecule has 0 aliphatic heterocycles. The molecule has 0 fully saturated rings. The van der Waals surface area contributed by atoms with Crippen molar-refractivity contribution in [2.75, 3.05) is 13.2 Å². The third-order valence-corrected chi connectivity index (χ3v) is 5.57. The highest BCUT2D eigenvalue weighted by Crippen LogP contribution is 2.27. The van der Waals surface area contributed by atoms with Gasteiger partial charge in [-0.2, -0.15) is 0 Å². The zero-order chi connectivity index (χ0) is 22.9. The lowest BCUT2D eigenvalue weighted by molar-refractivity contribution is -0.147. The number of rotatable bonds is 9. The van der Waals surface area contributed by atoms with Crippen molar-refractivity contribution in [3.63, 3.8) is 0 Å².